The molecule has 2 rings (SSSR count). The largest absolute Gasteiger partial charge is 0.455 e. The molecule has 0 bridgehead atoms. The van der Waals surface area contributed by atoms with E-state index < -0.39 is 0 Å². The van der Waals surface area contributed by atoms with Gasteiger partial charge in [0.15, 0.2) is 5.76 Å². The van der Waals surface area contributed by atoms with Crippen molar-refractivity contribution < 1.29 is 13.9 Å². The number of carbonyl (C=O) groups excluding carboxylic acids is 1. The van der Waals surface area contributed by atoms with Crippen molar-refractivity contribution in [1.82, 2.24) is 0 Å². The van der Waals surface area contributed by atoms with Gasteiger partial charge in [-0.3, -0.25) is 4.79 Å². The van der Waals surface area contributed by atoms with Crippen LogP contribution in [0.2, 0.25) is 5.02 Å². The molecule has 2 N–H and O–H groups in total. The highest BCUT2D eigenvalue weighted by Crippen LogP contribution is 2.25. The van der Waals surface area contributed by atoms with Crippen LogP contribution in [0.25, 0.3) is 0 Å². The Morgan fingerprint density at radius 1 is 1.39 bits per heavy atom. The van der Waals surface area contributed by atoms with Crippen LogP contribution in [-0.4, -0.2) is 12.9 Å². The molecule has 4 nitrogen and oxygen atoms in total. The zero-order chi connectivity index (χ0) is 13.1. The Bertz CT molecular complexity index is 557. The van der Waals surface area contributed by atoms with Crippen molar-refractivity contribution in [3.05, 3.63) is 52.4 Å². The van der Waals surface area contributed by atoms with E-state index >= 15 is 0 Å². The number of hydrogen-bond donors (Lipinski definition) is 1. The van der Waals surface area contributed by atoms with Gasteiger partial charge in [-0.25, -0.2) is 0 Å². The third-order valence-electron chi connectivity index (χ3n) is 2.44. The van der Waals surface area contributed by atoms with Gasteiger partial charge in [-0.2, -0.15) is 0 Å². The molecule has 0 spiro atoms. The van der Waals surface area contributed by atoms with E-state index in [2.05, 4.69) is 0 Å². The Morgan fingerprint density at radius 2 is 2.17 bits per heavy atom. The summed E-state index contributed by atoms with van der Waals surface area (Å²) in [5.74, 6) is 0.439. The normalized spacial score (nSPS) is 10.6. The first-order valence-corrected chi connectivity index (χ1v) is 5.67. The fraction of sp³-hybridized carbons (Fsp3) is 0.154. The number of carbonyl (C=O) groups is 1. The molecule has 0 aliphatic heterocycles. The molecule has 0 aliphatic carbocycles. The number of benzene rings is 1. The van der Waals surface area contributed by atoms with E-state index in [0.717, 1.165) is 0 Å². The first-order valence-electron chi connectivity index (χ1n) is 5.30. The zero-order valence-electron chi connectivity index (χ0n) is 9.77. The average molecular weight is 266 g/mol. The van der Waals surface area contributed by atoms with Gasteiger partial charge >= 0.3 is 0 Å². The van der Waals surface area contributed by atoms with Crippen LogP contribution in [0.4, 0.5) is 5.69 Å². The lowest BCUT2D eigenvalue weighted by Gasteiger charge is -2.04. The standard InChI is InChI=1S/C13H12ClNO3/c1-17-7-8-5-6-11(18-8)13(16)12-9(14)3-2-4-10(12)15/h2-6H,7,15H2,1H3. The Labute approximate surface area is 109 Å². The van der Waals surface area contributed by atoms with Gasteiger partial charge in [0.2, 0.25) is 5.78 Å². The van der Waals surface area contributed by atoms with E-state index in [0.29, 0.717) is 23.1 Å². The van der Waals surface area contributed by atoms with Crippen molar-refractivity contribution in [2.24, 2.45) is 0 Å². The van der Waals surface area contributed by atoms with Crippen molar-refractivity contribution in [3.8, 4) is 0 Å². The Morgan fingerprint density at radius 3 is 2.83 bits per heavy atom. The number of furan rings is 1. The smallest absolute Gasteiger partial charge is 0.231 e. The molecule has 18 heavy (non-hydrogen) atoms. The number of nitrogens with two attached hydrogens (primary N) is 1. The molecule has 0 atom stereocenters. The number of ketones is 1. The molecule has 0 saturated carbocycles. The monoisotopic (exact) mass is 265 g/mol. The molecule has 0 fully saturated rings. The summed E-state index contributed by atoms with van der Waals surface area (Å²) < 4.78 is 10.3. The minimum absolute atomic E-state index is 0.196. The molecular formula is C13H12ClNO3. The van der Waals surface area contributed by atoms with Crippen LogP contribution in [-0.2, 0) is 11.3 Å². The molecule has 0 aliphatic rings. The second kappa shape index (κ2) is 5.25. The van der Waals surface area contributed by atoms with E-state index in [9.17, 15) is 4.79 Å². The number of methoxy groups -OCH3 is 1. The summed E-state index contributed by atoms with van der Waals surface area (Å²) in [6.45, 7) is 0.311. The maximum Gasteiger partial charge on any atom is 0.231 e. The lowest BCUT2D eigenvalue weighted by Crippen LogP contribution is -2.05. The predicted molar refractivity (Wildman–Crippen MR) is 68.7 cm³/mol. The summed E-state index contributed by atoms with van der Waals surface area (Å²) in [6, 6.07) is 8.19. The maximum absolute atomic E-state index is 12.2. The van der Waals surface area contributed by atoms with Gasteiger partial charge in [-0.1, -0.05) is 17.7 Å². The number of anilines is 1. The molecule has 0 unspecified atom stereocenters. The highest BCUT2D eigenvalue weighted by molar-refractivity contribution is 6.35. The first-order chi connectivity index (χ1) is 8.63. The number of rotatable bonds is 4. The van der Waals surface area contributed by atoms with Gasteiger partial charge in [-0.05, 0) is 24.3 Å². The maximum atomic E-state index is 12.2. The van der Waals surface area contributed by atoms with E-state index in [1.807, 2.05) is 0 Å². The highest BCUT2D eigenvalue weighted by atomic mass is 35.5. The summed E-state index contributed by atoms with van der Waals surface area (Å²) in [7, 11) is 1.55. The number of nitrogen functional groups attached to an aromatic ring is 1. The second-order valence-electron chi connectivity index (χ2n) is 3.73. The van der Waals surface area contributed by atoms with Crippen molar-refractivity contribution in [3.63, 3.8) is 0 Å². The van der Waals surface area contributed by atoms with Gasteiger partial charge in [-0.15, -0.1) is 0 Å². The molecule has 94 valence electrons. The molecular weight excluding hydrogens is 254 g/mol. The molecule has 0 amide bonds. The van der Waals surface area contributed by atoms with E-state index in [1.165, 1.54) is 0 Å². The van der Waals surface area contributed by atoms with Gasteiger partial charge in [0, 0.05) is 12.8 Å². The minimum Gasteiger partial charge on any atom is -0.455 e. The van der Waals surface area contributed by atoms with Crippen molar-refractivity contribution in [1.29, 1.82) is 0 Å². The van der Waals surface area contributed by atoms with Crippen molar-refractivity contribution in [2.45, 2.75) is 6.61 Å². The topological polar surface area (TPSA) is 65.5 Å². The van der Waals surface area contributed by atoms with Crippen molar-refractivity contribution in [2.75, 3.05) is 12.8 Å². The summed E-state index contributed by atoms with van der Waals surface area (Å²) in [5.41, 5.74) is 6.35. The predicted octanol–water partition coefficient (Wildman–Crippen LogP) is 2.89. The lowest BCUT2D eigenvalue weighted by molar-refractivity contribution is 0.100. The van der Waals surface area contributed by atoms with Crippen LogP contribution in [0.3, 0.4) is 0 Å². The Hall–Kier alpha value is -1.78. The van der Waals surface area contributed by atoms with Crippen LogP contribution in [0.5, 0.6) is 0 Å². The molecule has 1 aromatic carbocycles. The van der Waals surface area contributed by atoms with Gasteiger partial charge in [0.25, 0.3) is 0 Å². The second-order valence-corrected chi connectivity index (χ2v) is 4.14. The van der Waals surface area contributed by atoms with Crippen LogP contribution in [0, 0.1) is 0 Å². The first kappa shape index (κ1) is 12.7. The third kappa shape index (κ3) is 2.39. The van der Waals surface area contributed by atoms with Gasteiger partial charge in [0.1, 0.15) is 12.4 Å². The Kier molecular flexibility index (Phi) is 3.69. The quantitative estimate of drug-likeness (QED) is 0.682. The Balaban J connectivity index is 2.35. The SMILES string of the molecule is COCc1ccc(C(=O)c2c(N)cccc2Cl)o1. The molecule has 1 aromatic heterocycles. The molecule has 5 heteroatoms. The fourth-order valence-electron chi connectivity index (χ4n) is 1.62. The molecule has 1 heterocycles. The van der Waals surface area contributed by atoms with Gasteiger partial charge in [0.05, 0.1) is 10.6 Å². The summed E-state index contributed by atoms with van der Waals surface area (Å²) >= 11 is 5.98. The van der Waals surface area contributed by atoms with E-state index in [1.54, 1.807) is 37.4 Å². The summed E-state index contributed by atoms with van der Waals surface area (Å²) in [6.07, 6.45) is 0. The zero-order valence-corrected chi connectivity index (χ0v) is 10.5. The minimum atomic E-state index is -0.333. The fourth-order valence-corrected chi connectivity index (χ4v) is 1.89. The summed E-state index contributed by atoms with van der Waals surface area (Å²) in [4.78, 5) is 12.2. The average Bonchev–Trinajstić information content (AvgIpc) is 2.78. The number of hydrogen-bond acceptors (Lipinski definition) is 4. The number of ether oxygens (including phenoxy) is 1. The van der Waals surface area contributed by atoms with Crippen LogP contribution < -0.4 is 5.73 Å². The van der Waals surface area contributed by atoms with Gasteiger partial charge < -0.3 is 14.9 Å². The van der Waals surface area contributed by atoms with Crippen LogP contribution in [0.15, 0.2) is 34.7 Å². The summed E-state index contributed by atoms with van der Waals surface area (Å²) in [5, 5.41) is 0.310. The number of halogens is 1. The highest BCUT2D eigenvalue weighted by Gasteiger charge is 2.19. The molecule has 2 aromatic rings. The lowest BCUT2D eigenvalue weighted by atomic mass is 10.1. The van der Waals surface area contributed by atoms with E-state index in [-0.39, 0.29) is 17.1 Å². The van der Waals surface area contributed by atoms with Crippen LogP contribution in [0.1, 0.15) is 21.9 Å². The van der Waals surface area contributed by atoms with Crippen LogP contribution >= 0.6 is 11.6 Å². The molecule has 0 saturated heterocycles. The van der Waals surface area contributed by atoms with Crippen molar-refractivity contribution >= 4 is 23.1 Å². The third-order valence-corrected chi connectivity index (χ3v) is 2.76. The van der Waals surface area contributed by atoms with E-state index in [4.69, 9.17) is 26.5 Å². The molecule has 0 radical (unpaired) electrons.